The normalized spacial score (nSPS) is 11.0. The van der Waals surface area contributed by atoms with Gasteiger partial charge in [0, 0.05) is 16.2 Å². The molecule has 0 saturated carbocycles. The second kappa shape index (κ2) is 7.41. The number of carbonyl (C=O) groups is 1. The lowest BCUT2D eigenvalue weighted by Gasteiger charge is -2.05. The number of thioether (sulfide) groups is 1. The minimum absolute atomic E-state index is 0.111. The second-order valence-corrected chi connectivity index (χ2v) is 7.34. The van der Waals surface area contributed by atoms with Crippen LogP contribution in [0, 0.1) is 0 Å². The lowest BCUT2D eigenvalue weighted by atomic mass is 10.3. The van der Waals surface area contributed by atoms with Gasteiger partial charge in [0.05, 0.1) is 12.0 Å². The molecule has 1 amide bonds. The highest BCUT2D eigenvalue weighted by atomic mass is 79.9. The highest BCUT2D eigenvalue weighted by Crippen LogP contribution is 2.22. The van der Waals surface area contributed by atoms with Gasteiger partial charge in [0.15, 0.2) is 5.76 Å². The Morgan fingerprint density at radius 2 is 2.11 bits per heavy atom. The van der Waals surface area contributed by atoms with E-state index in [4.69, 9.17) is 4.42 Å². The van der Waals surface area contributed by atoms with E-state index in [0.29, 0.717) is 27.8 Å². The van der Waals surface area contributed by atoms with Crippen molar-refractivity contribution < 1.29 is 9.21 Å². The average Bonchev–Trinajstić information content (AvgIpc) is 3.33. The van der Waals surface area contributed by atoms with E-state index in [1.165, 1.54) is 22.5 Å². The molecule has 27 heavy (non-hydrogen) atoms. The Morgan fingerprint density at radius 1 is 1.30 bits per heavy atom. The summed E-state index contributed by atoms with van der Waals surface area (Å²) in [7, 11) is 0. The molecule has 0 radical (unpaired) electrons. The third kappa shape index (κ3) is 3.81. The molecule has 0 unspecified atom stereocenters. The molecule has 3 heterocycles. The van der Waals surface area contributed by atoms with E-state index in [-0.39, 0.29) is 17.2 Å². The molecule has 4 rings (SSSR count). The first-order chi connectivity index (χ1) is 13.1. The van der Waals surface area contributed by atoms with Gasteiger partial charge in [0.25, 0.3) is 5.56 Å². The number of benzene rings is 1. The summed E-state index contributed by atoms with van der Waals surface area (Å²) in [5, 5.41) is 14.0. The average molecular weight is 446 g/mol. The van der Waals surface area contributed by atoms with E-state index < -0.39 is 0 Å². The van der Waals surface area contributed by atoms with Gasteiger partial charge in [0.2, 0.25) is 11.1 Å². The Morgan fingerprint density at radius 3 is 2.85 bits per heavy atom. The molecule has 0 atom stereocenters. The van der Waals surface area contributed by atoms with E-state index in [2.05, 4.69) is 36.5 Å². The summed E-state index contributed by atoms with van der Waals surface area (Å²) in [6.45, 7) is 0. The van der Waals surface area contributed by atoms with Crippen molar-refractivity contribution in [1.82, 2.24) is 19.8 Å². The molecule has 0 spiro atoms. The van der Waals surface area contributed by atoms with Gasteiger partial charge in [-0.3, -0.25) is 9.59 Å². The first-order valence-electron chi connectivity index (χ1n) is 7.81. The number of aromatic amines is 1. The summed E-state index contributed by atoms with van der Waals surface area (Å²) in [5.74, 6) is 0.462. The second-order valence-electron chi connectivity index (χ2n) is 5.48. The maximum atomic E-state index is 12.2. The molecule has 1 aromatic carbocycles. The van der Waals surface area contributed by atoms with Gasteiger partial charge < -0.3 is 9.73 Å². The Labute approximate surface area is 165 Å². The Kier molecular flexibility index (Phi) is 4.82. The van der Waals surface area contributed by atoms with Gasteiger partial charge in [-0.2, -0.15) is 5.10 Å². The number of anilines is 1. The summed E-state index contributed by atoms with van der Waals surface area (Å²) >= 11 is 4.51. The number of H-pyrrole nitrogens is 1. The monoisotopic (exact) mass is 445 g/mol. The van der Waals surface area contributed by atoms with Crippen LogP contribution >= 0.6 is 27.7 Å². The van der Waals surface area contributed by atoms with Crippen LogP contribution < -0.4 is 10.9 Å². The van der Waals surface area contributed by atoms with Crippen LogP contribution in [0.2, 0.25) is 0 Å². The number of halogens is 1. The molecule has 0 bridgehead atoms. The van der Waals surface area contributed by atoms with Crippen molar-refractivity contribution in [2.45, 2.75) is 5.16 Å². The summed E-state index contributed by atoms with van der Waals surface area (Å²) in [6.07, 6.45) is 1.53. The molecule has 4 aromatic rings. The van der Waals surface area contributed by atoms with Crippen LogP contribution in [0.4, 0.5) is 5.69 Å². The molecule has 136 valence electrons. The summed E-state index contributed by atoms with van der Waals surface area (Å²) < 4.78 is 7.66. The largest absolute Gasteiger partial charge is 0.463 e. The van der Waals surface area contributed by atoms with Crippen molar-refractivity contribution >= 4 is 44.8 Å². The molecule has 10 heteroatoms. The quantitative estimate of drug-likeness (QED) is 0.457. The van der Waals surface area contributed by atoms with Gasteiger partial charge in [-0.15, -0.1) is 5.10 Å². The van der Waals surface area contributed by atoms with Gasteiger partial charge in [-0.05, 0) is 36.4 Å². The number of amides is 1. The minimum atomic E-state index is -0.371. The Hall–Kier alpha value is -2.85. The van der Waals surface area contributed by atoms with Crippen molar-refractivity contribution in [2.75, 3.05) is 11.1 Å². The Balaban J connectivity index is 1.53. The number of hydrogen-bond acceptors (Lipinski definition) is 6. The predicted molar refractivity (Wildman–Crippen MR) is 105 cm³/mol. The maximum absolute atomic E-state index is 12.2. The van der Waals surface area contributed by atoms with Crippen LogP contribution in [0.5, 0.6) is 0 Å². The molecule has 3 aromatic heterocycles. The Bertz CT molecular complexity index is 1150. The van der Waals surface area contributed by atoms with Crippen LogP contribution in [0.15, 0.2) is 67.6 Å². The molecule has 0 aliphatic rings. The summed E-state index contributed by atoms with van der Waals surface area (Å²) in [6, 6.07) is 12.4. The van der Waals surface area contributed by atoms with E-state index >= 15 is 0 Å². The van der Waals surface area contributed by atoms with Crippen molar-refractivity contribution in [2.24, 2.45) is 0 Å². The zero-order valence-corrected chi connectivity index (χ0v) is 16.1. The van der Waals surface area contributed by atoms with Gasteiger partial charge in [-0.25, -0.2) is 9.61 Å². The van der Waals surface area contributed by atoms with Crippen molar-refractivity contribution in [1.29, 1.82) is 0 Å². The summed E-state index contributed by atoms with van der Waals surface area (Å²) in [5.41, 5.74) is 1.17. The van der Waals surface area contributed by atoms with Crippen LogP contribution in [-0.4, -0.2) is 31.5 Å². The van der Waals surface area contributed by atoms with E-state index in [1.807, 2.05) is 12.1 Å². The third-order valence-corrected chi connectivity index (χ3v) is 5.07. The molecule has 0 aliphatic carbocycles. The SMILES string of the molecule is O=C(CSc1n[nH]c(=O)c2cc(-c3ccco3)nn12)Nc1ccc(Br)cc1. The summed E-state index contributed by atoms with van der Waals surface area (Å²) in [4.78, 5) is 24.2. The molecular formula is C17H12BrN5O3S. The van der Waals surface area contributed by atoms with Gasteiger partial charge in [-0.1, -0.05) is 27.7 Å². The van der Waals surface area contributed by atoms with Crippen molar-refractivity contribution in [3.63, 3.8) is 0 Å². The fourth-order valence-electron chi connectivity index (χ4n) is 2.39. The van der Waals surface area contributed by atoms with Gasteiger partial charge in [0.1, 0.15) is 11.2 Å². The number of nitrogens with one attached hydrogen (secondary N) is 2. The van der Waals surface area contributed by atoms with E-state index in [1.54, 1.807) is 30.3 Å². The van der Waals surface area contributed by atoms with Crippen molar-refractivity contribution in [3.8, 4) is 11.5 Å². The first-order valence-corrected chi connectivity index (χ1v) is 9.58. The zero-order chi connectivity index (χ0) is 18.8. The lowest BCUT2D eigenvalue weighted by Crippen LogP contribution is -2.17. The zero-order valence-electron chi connectivity index (χ0n) is 13.7. The highest BCUT2D eigenvalue weighted by Gasteiger charge is 2.15. The van der Waals surface area contributed by atoms with Crippen LogP contribution in [0.25, 0.3) is 17.0 Å². The van der Waals surface area contributed by atoms with Crippen LogP contribution in [0.3, 0.4) is 0 Å². The number of nitrogens with zero attached hydrogens (tertiary/aromatic N) is 3. The standard InChI is InChI=1S/C17H12BrN5O3S/c18-10-3-5-11(6-4-10)19-15(24)9-27-17-21-20-16(25)13-8-12(22-23(13)17)14-2-1-7-26-14/h1-8H,9H2,(H,19,24)(H,20,25). The van der Waals surface area contributed by atoms with Crippen LogP contribution in [-0.2, 0) is 4.79 Å². The highest BCUT2D eigenvalue weighted by molar-refractivity contribution is 9.10. The molecular weight excluding hydrogens is 434 g/mol. The molecule has 0 saturated heterocycles. The maximum Gasteiger partial charge on any atom is 0.290 e. The predicted octanol–water partition coefficient (Wildman–Crippen LogP) is 3.17. The van der Waals surface area contributed by atoms with E-state index in [0.717, 1.165) is 4.47 Å². The van der Waals surface area contributed by atoms with Gasteiger partial charge >= 0.3 is 0 Å². The number of aromatic nitrogens is 4. The molecule has 2 N–H and O–H groups in total. The number of fused-ring (bicyclic) bond motifs is 1. The number of furan rings is 1. The van der Waals surface area contributed by atoms with E-state index in [9.17, 15) is 9.59 Å². The fourth-order valence-corrected chi connectivity index (χ4v) is 3.36. The lowest BCUT2D eigenvalue weighted by molar-refractivity contribution is -0.113. The molecule has 0 fully saturated rings. The number of hydrogen-bond donors (Lipinski definition) is 2. The fraction of sp³-hybridized carbons (Fsp3) is 0.0588. The minimum Gasteiger partial charge on any atom is -0.463 e. The third-order valence-electron chi connectivity index (χ3n) is 3.61. The van der Waals surface area contributed by atoms with Crippen molar-refractivity contribution in [3.05, 3.63) is 63.6 Å². The number of carbonyl (C=O) groups excluding carboxylic acids is 1. The first kappa shape index (κ1) is 17.6. The molecule has 8 nitrogen and oxygen atoms in total. The van der Waals surface area contributed by atoms with Crippen LogP contribution in [0.1, 0.15) is 0 Å². The molecule has 0 aliphatic heterocycles. The topological polar surface area (TPSA) is 105 Å². The smallest absolute Gasteiger partial charge is 0.290 e. The number of rotatable bonds is 5.